The van der Waals surface area contributed by atoms with E-state index in [1.165, 1.54) is 18.2 Å². The van der Waals surface area contributed by atoms with Crippen molar-refractivity contribution in [2.24, 2.45) is 0 Å². The highest BCUT2D eigenvalue weighted by molar-refractivity contribution is 6.36. The van der Waals surface area contributed by atoms with Gasteiger partial charge in [-0.05, 0) is 30.3 Å². The number of nitrogens with one attached hydrogen (secondary N) is 2. The lowest BCUT2D eigenvalue weighted by Gasteiger charge is -2.09. The third-order valence-corrected chi connectivity index (χ3v) is 2.96. The van der Waals surface area contributed by atoms with Crippen molar-refractivity contribution in [1.29, 1.82) is 0 Å². The zero-order chi connectivity index (χ0) is 15.2. The average Bonchev–Trinajstić information content (AvgIpc) is 2.46. The number of hydrazine groups is 1. The molecule has 0 aliphatic carbocycles. The molecule has 0 radical (unpaired) electrons. The second-order valence-electron chi connectivity index (χ2n) is 3.91. The maximum absolute atomic E-state index is 11.8. The number of carbonyl (C=O) groups is 2. The fraction of sp³-hybridized carbons (Fsp3) is 0. The van der Waals surface area contributed by atoms with Crippen molar-refractivity contribution < 1.29 is 14.3 Å². The second-order valence-corrected chi connectivity index (χ2v) is 4.75. The van der Waals surface area contributed by atoms with Gasteiger partial charge in [-0.25, -0.2) is 10.2 Å². The lowest BCUT2D eigenvalue weighted by molar-refractivity contribution is 0.0928. The number of carbonyl (C=O) groups excluding carboxylic acids is 2. The highest BCUT2D eigenvalue weighted by atomic mass is 35.5. The quantitative estimate of drug-likeness (QED) is 0.831. The molecule has 0 aliphatic rings. The van der Waals surface area contributed by atoms with Crippen LogP contribution in [0.4, 0.5) is 4.79 Å². The Bertz CT molecular complexity index is 663. The topological polar surface area (TPSA) is 67.4 Å². The van der Waals surface area contributed by atoms with Crippen molar-refractivity contribution in [3.05, 3.63) is 64.1 Å². The van der Waals surface area contributed by atoms with Gasteiger partial charge in [-0.15, -0.1) is 0 Å². The normalized spacial score (nSPS) is 9.81. The highest BCUT2D eigenvalue weighted by Crippen LogP contribution is 2.20. The molecule has 2 rings (SSSR count). The predicted molar refractivity (Wildman–Crippen MR) is 79.5 cm³/mol. The molecule has 21 heavy (non-hydrogen) atoms. The summed E-state index contributed by atoms with van der Waals surface area (Å²) < 4.78 is 4.93. The molecular weight excluding hydrogens is 315 g/mol. The molecule has 0 spiro atoms. The molecule has 0 saturated heterocycles. The monoisotopic (exact) mass is 324 g/mol. The van der Waals surface area contributed by atoms with E-state index in [-0.39, 0.29) is 10.6 Å². The van der Waals surface area contributed by atoms with Crippen molar-refractivity contribution in [1.82, 2.24) is 10.9 Å². The Morgan fingerprint density at radius 3 is 2.33 bits per heavy atom. The minimum absolute atomic E-state index is 0.179. The van der Waals surface area contributed by atoms with Crippen LogP contribution in [0.3, 0.4) is 0 Å². The number of halogens is 2. The van der Waals surface area contributed by atoms with Crippen LogP contribution in [0.15, 0.2) is 48.5 Å². The van der Waals surface area contributed by atoms with Crippen LogP contribution in [0, 0.1) is 0 Å². The largest absolute Gasteiger partial charge is 0.431 e. The predicted octanol–water partition coefficient (Wildman–Crippen LogP) is 3.43. The van der Waals surface area contributed by atoms with Gasteiger partial charge in [0.15, 0.2) is 0 Å². The van der Waals surface area contributed by atoms with Crippen LogP contribution in [0.5, 0.6) is 5.75 Å². The third kappa shape index (κ3) is 4.37. The molecule has 0 aromatic heterocycles. The Kier molecular flexibility index (Phi) is 5.03. The standard InChI is InChI=1S/C14H10Cl2N2O3/c15-9-6-7-11(12(16)8-9)13(19)17-18-14(20)21-10-4-2-1-3-5-10/h1-8H,(H,17,19)(H,18,20). The van der Waals surface area contributed by atoms with Gasteiger partial charge in [0.2, 0.25) is 0 Å². The van der Waals surface area contributed by atoms with Gasteiger partial charge in [-0.1, -0.05) is 41.4 Å². The molecule has 0 unspecified atom stereocenters. The van der Waals surface area contributed by atoms with Crippen LogP contribution in [-0.4, -0.2) is 12.0 Å². The van der Waals surface area contributed by atoms with E-state index in [4.69, 9.17) is 27.9 Å². The Labute approximate surface area is 130 Å². The lowest BCUT2D eigenvalue weighted by atomic mass is 10.2. The van der Waals surface area contributed by atoms with E-state index in [9.17, 15) is 9.59 Å². The molecular formula is C14H10Cl2N2O3. The number of amides is 2. The maximum atomic E-state index is 11.8. The number of benzene rings is 2. The molecule has 2 aromatic carbocycles. The van der Waals surface area contributed by atoms with Crippen molar-refractivity contribution in [2.75, 3.05) is 0 Å². The average molecular weight is 325 g/mol. The van der Waals surface area contributed by atoms with Gasteiger partial charge >= 0.3 is 6.09 Å². The van der Waals surface area contributed by atoms with Gasteiger partial charge in [-0.3, -0.25) is 10.2 Å². The number of para-hydroxylation sites is 1. The van der Waals surface area contributed by atoms with E-state index in [2.05, 4.69) is 10.9 Å². The summed E-state index contributed by atoms with van der Waals surface area (Å²) in [6.45, 7) is 0. The molecule has 0 saturated carbocycles. The Morgan fingerprint density at radius 1 is 0.952 bits per heavy atom. The first kappa shape index (κ1) is 15.2. The number of ether oxygens (including phenoxy) is 1. The lowest BCUT2D eigenvalue weighted by Crippen LogP contribution is -2.43. The summed E-state index contributed by atoms with van der Waals surface area (Å²) in [5.41, 5.74) is 4.49. The van der Waals surface area contributed by atoms with Crippen LogP contribution in [0.1, 0.15) is 10.4 Å². The first-order valence-corrected chi connectivity index (χ1v) is 6.60. The Balaban J connectivity index is 1.90. The molecule has 0 bridgehead atoms. The van der Waals surface area contributed by atoms with Crippen LogP contribution in [0.25, 0.3) is 0 Å². The summed E-state index contributed by atoms with van der Waals surface area (Å²) in [4.78, 5) is 23.3. The molecule has 5 nitrogen and oxygen atoms in total. The number of hydrogen-bond donors (Lipinski definition) is 2. The SMILES string of the molecule is O=C(NNC(=O)c1ccc(Cl)cc1Cl)Oc1ccccc1. The van der Waals surface area contributed by atoms with Crippen LogP contribution >= 0.6 is 23.2 Å². The molecule has 2 amide bonds. The number of hydrogen-bond acceptors (Lipinski definition) is 3. The Hall–Kier alpha value is -2.24. The number of rotatable bonds is 2. The van der Waals surface area contributed by atoms with Gasteiger partial charge < -0.3 is 4.74 Å². The van der Waals surface area contributed by atoms with E-state index < -0.39 is 12.0 Å². The van der Waals surface area contributed by atoms with Crippen LogP contribution in [0.2, 0.25) is 10.0 Å². The minimum Gasteiger partial charge on any atom is -0.409 e. The summed E-state index contributed by atoms with van der Waals surface area (Å²) in [6, 6.07) is 12.8. The molecule has 0 aliphatic heterocycles. The van der Waals surface area contributed by atoms with Crippen molar-refractivity contribution in [3.63, 3.8) is 0 Å². The Morgan fingerprint density at radius 2 is 1.67 bits per heavy atom. The molecule has 108 valence electrons. The van der Waals surface area contributed by atoms with E-state index >= 15 is 0 Å². The summed E-state index contributed by atoms with van der Waals surface area (Å²) in [6.07, 6.45) is -0.820. The van der Waals surface area contributed by atoms with E-state index in [0.717, 1.165) is 0 Å². The van der Waals surface area contributed by atoms with Crippen LogP contribution in [-0.2, 0) is 0 Å². The minimum atomic E-state index is -0.820. The van der Waals surface area contributed by atoms with Gasteiger partial charge in [0.25, 0.3) is 5.91 Å². The highest BCUT2D eigenvalue weighted by Gasteiger charge is 2.12. The van der Waals surface area contributed by atoms with E-state index in [1.54, 1.807) is 30.3 Å². The first-order valence-electron chi connectivity index (χ1n) is 5.84. The van der Waals surface area contributed by atoms with Crippen LogP contribution < -0.4 is 15.6 Å². The first-order chi connectivity index (χ1) is 10.1. The summed E-state index contributed by atoms with van der Waals surface area (Å²) in [5, 5.41) is 0.589. The van der Waals surface area contributed by atoms with Gasteiger partial charge in [0.1, 0.15) is 5.75 Å². The molecule has 0 atom stereocenters. The smallest absolute Gasteiger partial charge is 0.409 e. The molecule has 7 heteroatoms. The zero-order valence-corrected chi connectivity index (χ0v) is 12.1. The summed E-state index contributed by atoms with van der Waals surface area (Å²) in [7, 11) is 0. The van der Waals surface area contributed by atoms with E-state index in [0.29, 0.717) is 10.8 Å². The second kappa shape index (κ2) is 6.97. The third-order valence-electron chi connectivity index (χ3n) is 2.41. The van der Waals surface area contributed by atoms with Gasteiger partial charge in [0, 0.05) is 5.02 Å². The summed E-state index contributed by atoms with van der Waals surface area (Å²) >= 11 is 11.6. The van der Waals surface area contributed by atoms with Crippen molar-refractivity contribution in [3.8, 4) is 5.75 Å². The fourth-order valence-electron chi connectivity index (χ4n) is 1.47. The zero-order valence-electron chi connectivity index (χ0n) is 10.6. The van der Waals surface area contributed by atoms with Crippen molar-refractivity contribution >= 4 is 35.2 Å². The van der Waals surface area contributed by atoms with Gasteiger partial charge in [-0.2, -0.15) is 0 Å². The maximum Gasteiger partial charge on any atom is 0.431 e. The van der Waals surface area contributed by atoms with Crippen molar-refractivity contribution in [2.45, 2.75) is 0 Å². The fourth-order valence-corrected chi connectivity index (χ4v) is 1.96. The molecule has 0 fully saturated rings. The molecule has 0 heterocycles. The molecule has 2 N–H and O–H groups in total. The van der Waals surface area contributed by atoms with Gasteiger partial charge in [0.05, 0.1) is 10.6 Å². The molecule has 2 aromatic rings. The summed E-state index contributed by atoms with van der Waals surface area (Å²) in [5.74, 6) is -0.226. The van der Waals surface area contributed by atoms with E-state index in [1.807, 2.05) is 0 Å².